The molecule has 5 heterocycles. The molecule has 5 aliphatic heterocycles. The number of ether oxygens (including phenoxy) is 9. The van der Waals surface area contributed by atoms with Gasteiger partial charge in [0.25, 0.3) is 0 Å². The average molecular weight is 1390 g/mol. The number of rotatable bonds is 12. The highest BCUT2D eigenvalue weighted by Crippen LogP contribution is 2.37. The highest BCUT2D eigenvalue weighted by molar-refractivity contribution is 5.83. The molecule has 0 spiro atoms. The summed E-state index contributed by atoms with van der Waals surface area (Å²) in [5.74, 6) is -5.85. The number of cyclic esters (lactones) is 2. The zero-order valence-electron chi connectivity index (χ0n) is 62.0. The molecule has 564 valence electrons. The van der Waals surface area contributed by atoms with Gasteiger partial charge in [0, 0.05) is 88.9 Å². The molecule has 0 aromatic rings. The zero-order chi connectivity index (χ0) is 72.5. The van der Waals surface area contributed by atoms with E-state index in [9.17, 15) is 55.5 Å². The number of methoxy groups -OCH3 is 3. The molecule has 4 bridgehead atoms. The normalized spacial score (nSPS) is 41.6. The van der Waals surface area contributed by atoms with E-state index in [4.69, 9.17) is 42.6 Å². The lowest BCUT2D eigenvalue weighted by Gasteiger charge is -2.38. The van der Waals surface area contributed by atoms with Crippen LogP contribution in [-0.2, 0) is 52.2 Å². The summed E-state index contributed by atoms with van der Waals surface area (Å²) in [6.45, 7) is 22.2. The predicted molar refractivity (Wildman–Crippen MR) is 377 cm³/mol. The van der Waals surface area contributed by atoms with Crippen LogP contribution in [0.4, 0.5) is 0 Å². The lowest BCUT2D eigenvalue weighted by atomic mass is 9.78. The maximum Gasteiger partial charge on any atom is 0.331 e. The molecule has 5 unspecified atom stereocenters. The molecule has 0 amide bonds. The number of carbonyl (C=O) groups is 2. The topological polar surface area (TPSA) is 299 Å². The zero-order valence-corrected chi connectivity index (χ0v) is 62.0. The Balaban J connectivity index is 1.36. The van der Waals surface area contributed by atoms with E-state index < -0.39 is 133 Å². The molecule has 98 heavy (non-hydrogen) atoms. The lowest BCUT2D eigenvalue weighted by molar-refractivity contribution is -0.156. The van der Waals surface area contributed by atoms with Crippen molar-refractivity contribution in [3.8, 4) is 0 Å². The molecule has 20 nitrogen and oxygen atoms in total. The van der Waals surface area contributed by atoms with Crippen molar-refractivity contribution in [2.45, 2.75) is 327 Å². The average Bonchev–Trinajstić information content (AvgIpc) is 0.873. The Kier molecular flexibility index (Phi) is 37.6. The predicted octanol–water partition coefficient (Wildman–Crippen LogP) is 9.70. The number of allylic oxidation sites excluding steroid dienone is 4. The summed E-state index contributed by atoms with van der Waals surface area (Å²) in [6.07, 6.45) is 14.4. The molecule has 0 saturated carbocycles. The Hall–Kier alpha value is -3.26. The highest BCUT2D eigenvalue weighted by atomic mass is 16.6. The molecule has 9 N–H and O–H groups in total. The maximum atomic E-state index is 13.8. The number of aliphatic hydroxyl groups is 9. The first-order chi connectivity index (χ1) is 46.4. The van der Waals surface area contributed by atoms with Gasteiger partial charge in [0.1, 0.15) is 12.2 Å². The first kappa shape index (κ1) is 85.4. The quantitative estimate of drug-likeness (QED) is 0.0648. The maximum absolute atomic E-state index is 13.8. The Morgan fingerprint density at radius 3 is 1.26 bits per heavy atom. The fourth-order valence-electron chi connectivity index (χ4n) is 15.4. The summed E-state index contributed by atoms with van der Waals surface area (Å²) >= 11 is 0. The summed E-state index contributed by atoms with van der Waals surface area (Å²) in [6, 6.07) is 0. The van der Waals surface area contributed by atoms with Crippen LogP contribution in [0.1, 0.15) is 199 Å². The van der Waals surface area contributed by atoms with Gasteiger partial charge in [-0.1, -0.05) is 115 Å². The van der Waals surface area contributed by atoms with Crippen molar-refractivity contribution in [1.82, 2.24) is 0 Å². The van der Waals surface area contributed by atoms with Crippen molar-refractivity contribution >= 4 is 11.9 Å². The van der Waals surface area contributed by atoms with E-state index in [0.717, 1.165) is 25.7 Å². The molecule has 0 aliphatic carbocycles. The number of carbonyl (C=O) groups excluding carboxylic acids is 2. The first-order valence-corrected chi connectivity index (χ1v) is 37.1. The van der Waals surface area contributed by atoms with E-state index in [2.05, 4.69) is 0 Å². The van der Waals surface area contributed by atoms with Crippen LogP contribution in [0.2, 0.25) is 0 Å². The van der Waals surface area contributed by atoms with Crippen LogP contribution < -0.4 is 0 Å². The second-order valence-corrected chi connectivity index (χ2v) is 30.5. The summed E-state index contributed by atoms with van der Waals surface area (Å²) in [4.78, 5) is 27.7. The van der Waals surface area contributed by atoms with Crippen LogP contribution >= 0.6 is 0 Å². The Morgan fingerprint density at radius 1 is 0.459 bits per heavy atom. The third-order valence-electron chi connectivity index (χ3n) is 22.4. The van der Waals surface area contributed by atoms with Crippen molar-refractivity contribution in [3.63, 3.8) is 0 Å². The van der Waals surface area contributed by atoms with Crippen molar-refractivity contribution in [2.75, 3.05) is 27.9 Å². The number of hydrogen-bond donors (Lipinski definition) is 9. The minimum absolute atomic E-state index is 0.0215. The number of esters is 2. The Morgan fingerprint density at radius 2 is 0.857 bits per heavy atom. The van der Waals surface area contributed by atoms with Gasteiger partial charge in [-0.15, -0.1) is 0 Å². The number of aliphatic hydroxyl groups excluding tert-OH is 9. The van der Waals surface area contributed by atoms with Gasteiger partial charge in [0.2, 0.25) is 0 Å². The first-order valence-electron chi connectivity index (χ1n) is 37.1. The third kappa shape index (κ3) is 28.1. The van der Waals surface area contributed by atoms with E-state index in [-0.39, 0.29) is 99.4 Å². The molecule has 20 heteroatoms. The molecule has 0 aromatic carbocycles. The van der Waals surface area contributed by atoms with Gasteiger partial charge >= 0.3 is 11.9 Å². The second kappa shape index (κ2) is 43.1. The van der Waals surface area contributed by atoms with E-state index in [1.165, 1.54) is 12.2 Å². The Bertz CT molecular complexity index is 2320. The van der Waals surface area contributed by atoms with Crippen molar-refractivity contribution in [3.05, 3.63) is 71.9 Å². The molecule has 2 fully saturated rings. The van der Waals surface area contributed by atoms with Crippen molar-refractivity contribution in [1.29, 1.82) is 0 Å². The summed E-state index contributed by atoms with van der Waals surface area (Å²) in [5.41, 5.74) is 1.42. The van der Waals surface area contributed by atoms with Crippen LogP contribution in [-0.4, -0.2) is 214 Å². The smallest absolute Gasteiger partial charge is 0.331 e. The molecule has 5 aliphatic rings. The molecular weight excluding hydrogens is 1260 g/mol. The summed E-state index contributed by atoms with van der Waals surface area (Å²) in [5, 5.41) is 104. The molecule has 30 atom stereocenters. The van der Waals surface area contributed by atoms with Gasteiger partial charge in [-0.25, -0.2) is 9.59 Å². The van der Waals surface area contributed by atoms with Gasteiger partial charge in [-0.2, -0.15) is 0 Å². The second-order valence-electron chi connectivity index (χ2n) is 30.5. The molecule has 0 aromatic heterocycles. The van der Waals surface area contributed by atoms with Crippen LogP contribution in [0.15, 0.2) is 71.9 Å². The van der Waals surface area contributed by atoms with Crippen LogP contribution in [0.25, 0.3) is 0 Å². The van der Waals surface area contributed by atoms with Crippen molar-refractivity contribution < 1.29 is 98.2 Å². The standard InChI is InChI=1S/C78H132O20/c1-45-22-28-58(80)37-61-19-16-18-60(95-61)36-57(44-79)51(7)68(82)42-70(84)53(9)75(88)55(11)77(47(3)26-30-64-39-66(90-13)34-49(5)93-64)97-73(86)33-25-46(2)23-29-59(81)38-62-20-17-21-63(96-62)41-72(92-15)52(8)69(83)43-71(85)54(10)76(89)56(12)78(98-74(87)32-24-45)48(4)27-31-65-40-67(91-14)35-50(6)94-65/h16-17,19-20,22-25,32-33,47-72,75-85,88-89H,18,21,26-31,34-44H2,1-15H3/t47-,48-,49-,50-,51+,52-,53-,54-,55+,56+,57+,58-,59?,60?,61-,62-,63?,64?,65-,66+,67+,68-,69-,70+,71+,72-,75-,76-,77?,78-/m0/s1. The molecule has 0 radical (unpaired) electrons. The number of fused-ring (bicyclic) bond motifs is 4. The number of hydrogen-bond acceptors (Lipinski definition) is 20. The van der Waals surface area contributed by atoms with Gasteiger partial charge in [0.05, 0.1) is 116 Å². The summed E-state index contributed by atoms with van der Waals surface area (Å²) < 4.78 is 55.5. The van der Waals surface area contributed by atoms with E-state index in [1.54, 1.807) is 47.3 Å². The minimum atomic E-state index is -1.16. The van der Waals surface area contributed by atoms with Crippen molar-refractivity contribution in [2.24, 2.45) is 53.3 Å². The van der Waals surface area contributed by atoms with Crippen LogP contribution in [0.5, 0.6) is 0 Å². The van der Waals surface area contributed by atoms with E-state index in [0.29, 0.717) is 68.9 Å². The summed E-state index contributed by atoms with van der Waals surface area (Å²) in [7, 11) is 5.00. The third-order valence-corrected chi connectivity index (χ3v) is 22.4. The van der Waals surface area contributed by atoms with Gasteiger partial charge in [0.15, 0.2) is 0 Å². The molecule has 2 saturated heterocycles. The van der Waals surface area contributed by atoms with Gasteiger partial charge < -0.3 is 88.6 Å². The monoisotopic (exact) mass is 1390 g/mol. The van der Waals surface area contributed by atoms with Crippen LogP contribution in [0, 0.1) is 53.3 Å². The van der Waals surface area contributed by atoms with Crippen LogP contribution in [0.3, 0.4) is 0 Å². The molecular formula is C78H132O20. The molecule has 5 rings (SSSR count). The Labute approximate surface area is 587 Å². The van der Waals surface area contributed by atoms with E-state index >= 15 is 0 Å². The highest BCUT2D eigenvalue weighted by Gasteiger charge is 2.42. The van der Waals surface area contributed by atoms with Gasteiger partial charge in [-0.3, -0.25) is 0 Å². The fourth-order valence-corrected chi connectivity index (χ4v) is 15.4. The van der Waals surface area contributed by atoms with E-state index in [1.807, 2.05) is 106 Å². The largest absolute Gasteiger partial charge is 0.459 e. The fraction of sp³-hybridized carbons (Fsp3) is 0.821. The van der Waals surface area contributed by atoms with Gasteiger partial charge in [-0.05, 0) is 148 Å². The lowest BCUT2D eigenvalue weighted by Crippen LogP contribution is -2.45. The minimum Gasteiger partial charge on any atom is -0.459 e. The SMILES string of the molecule is CO[C@H]1CC(CC[C@H](C)C2OC(=O)C=CC(C)=CCC(O)C[C@@H]3C=CCC(C[C@H](OC)[C@@H](C)[C@@H](O)C[C@@H](O)[C@H](C)[C@H](O)[C@@H](C)[C@H]([C@@H](C)CC[C@H]4C[C@H](OC)C[C@H](C)O4)OC(=O)C=CC(C)=CC[C@H](O)C[C@@H]4C=CCC(C[C@H](CO)[C@@H](C)[C@@H](O)C[C@@H](O)[C@H](C)[C@H](O)[C@H]2C)O4)O3)O[C@@H](C)C1.